The van der Waals surface area contributed by atoms with E-state index in [1.807, 2.05) is 72.8 Å². The van der Waals surface area contributed by atoms with Crippen molar-refractivity contribution in [2.24, 2.45) is 0 Å². The van der Waals surface area contributed by atoms with Gasteiger partial charge in [-0.15, -0.1) is 22.7 Å². The van der Waals surface area contributed by atoms with Gasteiger partial charge in [-0.25, -0.2) is 9.97 Å². The third kappa shape index (κ3) is 7.55. The Morgan fingerprint density at radius 2 is 0.605 bits per heavy atom. The van der Waals surface area contributed by atoms with Crippen molar-refractivity contribution in [3.8, 4) is 90.8 Å². The van der Waals surface area contributed by atoms with E-state index < -0.39 is 0 Å². The Balaban J connectivity index is 1.17. The van der Waals surface area contributed by atoms with Crippen LogP contribution in [-0.4, -0.2) is 19.1 Å². The minimum Gasteiger partial charge on any atom is -0.306 e. The number of fused-ring (bicyclic) bond motifs is 14. The van der Waals surface area contributed by atoms with E-state index in [2.05, 4.69) is 215 Å². The van der Waals surface area contributed by atoms with Crippen LogP contribution >= 0.6 is 22.7 Å². The molecule has 0 saturated carbocycles. The van der Waals surface area contributed by atoms with Gasteiger partial charge in [0.2, 0.25) is 0 Å². The summed E-state index contributed by atoms with van der Waals surface area (Å²) < 4.78 is 9.26. The second-order valence-electron chi connectivity index (χ2n) is 21.7. The van der Waals surface area contributed by atoms with E-state index >= 15 is 0 Å². The van der Waals surface area contributed by atoms with Gasteiger partial charge in [0.15, 0.2) is 0 Å². The fourth-order valence-electron chi connectivity index (χ4n) is 13.3. The van der Waals surface area contributed by atoms with Gasteiger partial charge in [0, 0.05) is 85.9 Å². The standard InChI is InChI=1S/C78H44N6S2/c79-45-61-71(51-41-63(47-21-5-1-6-22-47)81-64(42-51)48-23-7-2-8-24-48)62(46-80)74(84-68-34-18-14-30-54(68)58-38-40-60-56-32-16-20-36-70(56)86-78(60)76(58)84)72(52-43-65(49-25-9-3-10-26-49)82-66(44-52)50-27-11-4-12-28-50)73(61)83-67-33-17-13-29-53(67)57-37-39-59-55-31-15-19-35-69(55)85-77(59)75(57)83/h1-44H. The molecule has 0 amide bonds. The van der Waals surface area contributed by atoms with Crippen LogP contribution in [0.25, 0.3) is 163 Å². The number of nitriles is 2. The Labute approximate surface area is 501 Å². The molecule has 0 aliphatic heterocycles. The van der Waals surface area contributed by atoms with Gasteiger partial charge in [0.05, 0.1) is 76.7 Å². The maximum Gasteiger partial charge on any atom is 0.102 e. The van der Waals surface area contributed by atoms with Gasteiger partial charge in [0.25, 0.3) is 0 Å². The fraction of sp³-hybridized carbons (Fsp3) is 0. The van der Waals surface area contributed by atoms with Crippen molar-refractivity contribution in [2.45, 2.75) is 0 Å². The minimum atomic E-state index is 0.345. The van der Waals surface area contributed by atoms with Crippen molar-refractivity contribution in [1.29, 1.82) is 10.5 Å². The van der Waals surface area contributed by atoms with Crippen molar-refractivity contribution in [3.63, 3.8) is 0 Å². The molecule has 8 heteroatoms. The molecule has 86 heavy (non-hydrogen) atoms. The highest BCUT2D eigenvalue weighted by atomic mass is 32.1. The average molecular weight is 1130 g/mol. The number of hydrogen-bond acceptors (Lipinski definition) is 6. The summed E-state index contributed by atoms with van der Waals surface area (Å²) in [5.74, 6) is 0. The van der Waals surface area contributed by atoms with Gasteiger partial charge < -0.3 is 9.13 Å². The van der Waals surface area contributed by atoms with Crippen LogP contribution in [0.4, 0.5) is 0 Å². The summed E-state index contributed by atoms with van der Waals surface area (Å²) in [5, 5.41) is 34.5. The second-order valence-corrected chi connectivity index (χ2v) is 23.8. The van der Waals surface area contributed by atoms with Gasteiger partial charge in [-0.2, -0.15) is 10.5 Å². The van der Waals surface area contributed by atoms with E-state index in [-0.39, 0.29) is 0 Å². The lowest BCUT2D eigenvalue weighted by molar-refractivity contribution is 1.13. The van der Waals surface area contributed by atoms with Crippen molar-refractivity contribution >= 4 is 107 Å². The molecule has 6 heterocycles. The molecule has 17 aromatic rings. The summed E-state index contributed by atoms with van der Waals surface area (Å²) >= 11 is 3.54. The number of hydrogen-bond donors (Lipinski definition) is 0. The van der Waals surface area contributed by atoms with Gasteiger partial charge in [-0.3, -0.25) is 0 Å². The Hall–Kier alpha value is -11.3. The predicted octanol–water partition coefficient (Wildman–Crippen LogP) is 21.2. The summed E-state index contributed by atoms with van der Waals surface area (Å²) in [6.45, 7) is 0. The zero-order valence-electron chi connectivity index (χ0n) is 45.9. The molecular formula is C78H44N6S2. The van der Waals surface area contributed by atoms with E-state index in [9.17, 15) is 10.5 Å². The maximum absolute atomic E-state index is 12.8. The molecule has 398 valence electrons. The topological polar surface area (TPSA) is 83.2 Å². The highest BCUT2D eigenvalue weighted by molar-refractivity contribution is 7.27. The molecule has 0 aliphatic carbocycles. The molecule has 0 radical (unpaired) electrons. The van der Waals surface area contributed by atoms with Gasteiger partial charge >= 0.3 is 0 Å². The second kappa shape index (κ2) is 19.7. The molecule has 17 rings (SSSR count). The summed E-state index contributed by atoms with van der Waals surface area (Å²) in [7, 11) is 0. The normalized spacial score (nSPS) is 11.7. The first kappa shape index (κ1) is 49.4. The first-order valence-electron chi connectivity index (χ1n) is 28.6. The largest absolute Gasteiger partial charge is 0.306 e. The zero-order valence-corrected chi connectivity index (χ0v) is 47.5. The average Bonchev–Trinajstić information content (AvgIpc) is 1.54. The zero-order chi connectivity index (χ0) is 57.0. The molecular weight excluding hydrogens is 1090 g/mol. The molecule has 0 saturated heterocycles. The highest BCUT2D eigenvalue weighted by Crippen LogP contribution is 2.53. The molecule has 0 atom stereocenters. The maximum atomic E-state index is 12.8. The lowest BCUT2D eigenvalue weighted by Crippen LogP contribution is -2.11. The molecule has 6 nitrogen and oxygen atoms in total. The number of benzene rings is 11. The van der Waals surface area contributed by atoms with Crippen LogP contribution in [0.3, 0.4) is 0 Å². The third-order valence-electron chi connectivity index (χ3n) is 17.0. The minimum absolute atomic E-state index is 0.345. The number of aromatic nitrogens is 4. The molecule has 6 aromatic heterocycles. The number of rotatable bonds is 8. The van der Waals surface area contributed by atoms with Crippen molar-refractivity contribution in [3.05, 3.63) is 278 Å². The van der Waals surface area contributed by atoms with Crippen molar-refractivity contribution in [2.75, 3.05) is 0 Å². The lowest BCUT2D eigenvalue weighted by Gasteiger charge is -2.26. The van der Waals surface area contributed by atoms with Crippen LogP contribution in [0.15, 0.2) is 267 Å². The molecule has 0 bridgehead atoms. The predicted molar refractivity (Wildman–Crippen MR) is 359 cm³/mol. The van der Waals surface area contributed by atoms with Gasteiger partial charge in [0.1, 0.15) is 12.1 Å². The molecule has 0 fully saturated rings. The molecule has 0 N–H and O–H groups in total. The molecule has 0 spiro atoms. The number of pyridine rings is 2. The summed E-state index contributed by atoms with van der Waals surface area (Å²) in [4.78, 5) is 10.9. The highest BCUT2D eigenvalue weighted by Gasteiger charge is 2.34. The molecule has 0 unspecified atom stereocenters. The summed E-state index contributed by atoms with van der Waals surface area (Å²) in [6.07, 6.45) is 0. The Morgan fingerprint density at radius 3 is 0.977 bits per heavy atom. The molecule has 0 aliphatic rings. The van der Waals surface area contributed by atoms with Gasteiger partial charge in [-0.1, -0.05) is 218 Å². The quantitative estimate of drug-likeness (QED) is 0.152. The monoisotopic (exact) mass is 1130 g/mol. The SMILES string of the molecule is N#Cc1c(-c2cc(-c3ccccc3)nc(-c3ccccc3)c2)c(C#N)c(-n2c3ccccc3c3ccc4c5ccccc5sc4c32)c(-c2cc(-c3ccccc3)nc(-c3ccccc3)c2)c1-n1c2ccccc2c2ccc3c4ccccc4sc3c21. The van der Waals surface area contributed by atoms with E-state index in [4.69, 9.17) is 9.97 Å². The molecule has 11 aromatic carbocycles. The van der Waals surface area contributed by atoms with Crippen LogP contribution in [0, 0.1) is 22.7 Å². The van der Waals surface area contributed by atoms with Gasteiger partial charge in [-0.05, 0) is 59.7 Å². The van der Waals surface area contributed by atoms with Crippen LogP contribution in [0.1, 0.15) is 11.1 Å². The van der Waals surface area contributed by atoms with Crippen molar-refractivity contribution in [1.82, 2.24) is 19.1 Å². The first-order chi connectivity index (χ1) is 42.6. The fourth-order valence-corrected chi connectivity index (χ4v) is 15.7. The van der Waals surface area contributed by atoms with Crippen LogP contribution in [0.5, 0.6) is 0 Å². The summed E-state index contributed by atoms with van der Waals surface area (Å²) in [6, 6.07) is 98.8. The van der Waals surface area contributed by atoms with E-state index in [0.717, 1.165) is 103 Å². The smallest absolute Gasteiger partial charge is 0.102 e. The lowest BCUT2D eigenvalue weighted by atomic mass is 9.85. The van der Waals surface area contributed by atoms with Crippen LogP contribution < -0.4 is 0 Å². The van der Waals surface area contributed by atoms with E-state index in [1.165, 1.54) is 20.2 Å². The first-order valence-corrected chi connectivity index (χ1v) is 30.2. The summed E-state index contributed by atoms with van der Waals surface area (Å²) in [5.41, 5.74) is 15.0. The number of thiophene rings is 2. The number of para-hydroxylation sites is 2. The van der Waals surface area contributed by atoms with Crippen LogP contribution in [-0.2, 0) is 0 Å². The van der Waals surface area contributed by atoms with E-state index in [1.54, 1.807) is 22.7 Å². The Morgan fingerprint density at radius 1 is 0.291 bits per heavy atom. The van der Waals surface area contributed by atoms with Crippen molar-refractivity contribution < 1.29 is 0 Å². The number of nitrogens with zero attached hydrogens (tertiary/aromatic N) is 6. The Bertz CT molecular complexity index is 5380. The third-order valence-corrected chi connectivity index (χ3v) is 19.4. The van der Waals surface area contributed by atoms with E-state index in [0.29, 0.717) is 50.6 Å². The Kier molecular flexibility index (Phi) is 11.3. The van der Waals surface area contributed by atoms with Crippen LogP contribution in [0.2, 0.25) is 0 Å².